The van der Waals surface area contributed by atoms with Crippen molar-refractivity contribution in [2.24, 2.45) is 0 Å². The van der Waals surface area contributed by atoms with Crippen LogP contribution in [0.3, 0.4) is 0 Å². The highest BCUT2D eigenvalue weighted by atomic mass is 32.2. The van der Waals surface area contributed by atoms with E-state index < -0.39 is 18.5 Å². The summed E-state index contributed by atoms with van der Waals surface area (Å²) in [5.74, 6) is -0.653. The normalized spacial score (nSPS) is 10.9. The number of fused-ring (bicyclic) bond motifs is 1. The molecule has 0 N–H and O–H groups in total. The van der Waals surface area contributed by atoms with E-state index in [4.69, 9.17) is 14.5 Å². The third-order valence-electron chi connectivity index (χ3n) is 5.44. The first-order valence-electron chi connectivity index (χ1n) is 11.1. The van der Waals surface area contributed by atoms with Crippen LogP contribution >= 0.6 is 11.8 Å². The lowest BCUT2D eigenvalue weighted by Gasteiger charge is -2.11. The summed E-state index contributed by atoms with van der Waals surface area (Å²) in [6, 6.07) is 23.3. The summed E-state index contributed by atoms with van der Waals surface area (Å²) in [5.41, 5.74) is 5.39. The summed E-state index contributed by atoms with van der Waals surface area (Å²) in [6.45, 7) is 4.34. The van der Waals surface area contributed by atoms with E-state index in [1.807, 2.05) is 48.5 Å². The molecule has 0 saturated heterocycles. The smallest absolute Gasteiger partial charge is 0.349 e. The van der Waals surface area contributed by atoms with Crippen molar-refractivity contribution in [3.05, 3.63) is 89.5 Å². The number of rotatable bonds is 9. The van der Waals surface area contributed by atoms with Gasteiger partial charge in [-0.3, -0.25) is 4.79 Å². The van der Waals surface area contributed by atoms with Gasteiger partial charge in [0.05, 0.1) is 23.3 Å². The number of thioether (sulfide) groups is 1. The third-order valence-corrected chi connectivity index (χ3v) is 6.39. The van der Waals surface area contributed by atoms with Crippen LogP contribution < -0.4 is 4.74 Å². The van der Waals surface area contributed by atoms with Gasteiger partial charge < -0.3 is 14.0 Å². The predicted octanol–water partition coefficient (Wildman–Crippen LogP) is 5.20. The molecule has 0 fully saturated rings. The summed E-state index contributed by atoms with van der Waals surface area (Å²) in [4.78, 5) is 29.0. The lowest BCUT2D eigenvalue weighted by atomic mass is 10.1. The molecular formula is C27H26N2O4S. The van der Waals surface area contributed by atoms with Crippen molar-refractivity contribution in [2.75, 3.05) is 12.4 Å². The van der Waals surface area contributed by atoms with Gasteiger partial charge in [0.2, 0.25) is 0 Å². The van der Waals surface area contributed by atoms with E-state index in [-0.39, 0.29) is 5.75 Å². The molecule has 1 aromatic heterocycles. The van der Waals surface area contributed by atoms with Crippen LogP contribution in [0.5, 0.6) is 5.75 Å². The van der Waals surface area contributed by atoms with E-state index in [0.29, 0.717) is 12.3 Å². The van der Waals surface area contributed by atoms with Crippen molar-refractivity contribution < 1.29 is 19.1 Å². The van der Waals surface area contributed by atoms with Crippen LogP contribution in [-0.2, 0) is 27.3 Å². The fraction of sp³-hybridized carbons (Fsp3) is 0.222. The molecule has 0 bridgehead atoms. The van der Waals surface area contributed by atoms with Gasteiger partial charge in [0.25, 0.3) is 0 Å². The van der Waals surface area contributed by atoms with E-state index in [1.165, 1.54) is 22.9 Å². The fourth-order valence-electron chi connectivity index (χ4n) is 3.53. The van der Waals surface area contributed by atoms with Crippen LogP contribution in [0.25, 0.3) is 11.0 Å². The van der Waals surface area contributed by atoms with Crippen molar-refractivity contribution in [1.29, 1.82) is 0 Å². The number of carbonyl (C=O) groups is 2. The van der Waals surface area contributed by atoms with E-state index in [2.05, 4.69) is 30.5 Å². The molecule has 0 unspecified atom stereocenters. The van der Waals surface area contributed by atoms with Crippen molar-refractivity contribution in [1.82, 2.24) is 9.55 Å². The average molecular weight is 475 g/mol. The molecule has 0 amide bonds. The number of aryl methyl sites for hydroxylation is 2. The Kier molecular flexibility index (Phi) is 7.65. The molecule has 0 aliphatic carbocycles. The molecule has 0 spiro atoms. The molecule has 4 aromatic rings. The first kappa shape index (κ1) is 23.6. The summed E-state index contributed by atoms with van der Waals surface area (Å²) in [5, 5.41) is 0.722. The predicted molar refractivity (Wildman–Crippen MR) is 133 cm³/mol. The maximum absolute atomic E-state index is 12.3. The van der Waals surface area contributed by atoms with E-state index >= 15 is 0 Å². The van der Waals surface area contributed by atoms with Crippen LogP contribution in [0.1, 0.15) is 23.6 Å². The molecule has 0 atom stereocenters. The number of hydrogen-bond donors (Lipinski definition) is 0. The molecular weight excluding hydrogens is 448 g/mol. The van der Waals surface area contributed by atoms with Gasteiger partial charge in [0.1, 0.15) is 5.75 Å². The molecule has 3 aromatic carbocycles. The van der Waals surface area contributed by atoms with E-state index in [9.17, 15) is 9.59 Å². The molecule has 0 radical (unpaired) electrons. The van der Waals surface area contributed by atoms with Gasteiger partial charge in [0.15, 0.2) is 11.8 Å². The van der Waals surface area contributed by atoms with Gasteiger partial charge in [0, 0.05) is 0 Å². The summed E-state index contributed by atoms with van der Waals surface area (Å²) >= 11 is 1.29. The number of nitrogens with zero attached hydrogens (tertiary/aromatic N) is 2. The average Bonchev–Trinajstić information content (AvgIpc) is 3.20. The zero-order valence-electron chi connectivity index (χ0n) is 19.2. The topological polar surface area (TPSA) is 70.4 Å². The van der Waals surface area contributed by atoms with Crippen LogP contribution in [0, 0.1) is 6.92 Å². The minimum absolute atomic E-state index is 0.0373. The number of carbonyl (C=O) groups excluding carboxylic acids is 2. The van der Waals surface area contributed by atoms with Crippen molar-refractivity contribution in [2.45, 2.75) is 32.0 Å². The molecule has 174 valence electrons. The molecule has 0 aliphatic rings. The molecule has 6 nitrogen and oxygen atoms in total. The number of para-hydroxylation sites is 2. The van der Waals surface area contributed by atoms with Crippen LogP contribution in [-0.4, -0.2) is 33.8 Å². The Morgan fingerprint density at radius 1 is 0.941 bits per heavy atom. The lowest BCUT2D eigenvalue weighted by Crippen LogP contribution is -2.20. The maximum Gasteiger partial charge on any atom is 0.349 e. The van der Waals surface area contributed by atoms with Gasteiger partial charge in [-0.25, -0.2) is 9.78 Å². The molecule has 0 aliphatic heterocycles. The summed E-state index contributed by atoms with van der Waals surface area (Å²) < 4.78 is 12.4. The van der Waals surface area contributed by atoms with E-state index in [1.54, 1.807) is 12.1 Å². The van der Waals surface area contributed by atoms with Crippen LogP contribution in [0.2, 0.25) is 0 Å². The molecule has 0 saturated carbocycles. The number of hydrogen-bond acceptors (Lipinski definition) is 6. The second-order valence-corrected chi connectivity index (χ2v) is 8.76. The summed E-state index contributed by atoms with van der Waals surface area (Å²) in [6.07, 6.45) is 0.905. The highest BCUT2D eigenvalue weighted by Crippen LogP contribution is 2.26. The maximum atomic E-state index is 12.3. The first-order valence-corrected chi connectivity index (χ1v) is 12.1. The largest absolute Gasteiger partial charge is 0.453 e. The van der Waals surface area contributed by atoms with Crippen molar-refractivity contribution in [3.63, 3.8) is 0 Å². The first-order chi connectivity index (χ1) is 16.5. The standard InChI is InChI=1S/C27H26N2O4S/c1-3-20-12-14-22(15-13-20)33-25(30)17-32-26(31)18-34-27-28-23-10-6-7-11-24(23)29(27)16-21-9-5-4-8-19(21)2/h4-15H,3,16-18H2,1-2H3. The molecule has 1 heterocycles. The summed E-state index contributed by atoms with van der Waals surface area (Å²) in [7, 11) is 0. The Balaban J connectivity index is 1.36. The number of ether oxygens (including phenoxy) is 2. The highest BCUT2D eigenvalue weighted by molar-refractivity contribution is 7.99. The highest BCUT2D eigenvalue weighted by Gasteiger charge is 2.16. The quantitative estimate of drug-likeness (QED) is 0.189. The SMILES string of the molecule is CCc1ccc(OC(=O)COC(=O)CSc2nc3ccccc3n2Cc2ccccc2C)cc1. The monoisotopic (exact) mass is 474 g/mol. The Labute approximate surface area is 202 Å². The zero-order valence-corrected chi connectivity index (χ0v) is 20.0. The Hall–Kier alpha value is -3.58. The third kappa shape index (κ3) is 5.85. The molecule has 34 heavy (non-hydrogen) atoms. The fourth-order valence-corrected chi connectivity index (χ4v) is 4.34. The lowest BCUT2D eigenvalue weighted by molar-refractivity contribution is -0.151. The van der Waals surface area contributed by atoms with Crippen LogP contribution in [0.15, 0.2) is 78.0 Å². The Morgan fingerprint density at radius 2 is 1.68 bits per heavy atom. The minimum atomic E-state index is -0.616. The number of imidazole rings is 1. The Bertz CT molecular complexity index is 1300. The van der Waals surface area contributed by atoms with Crippen molar-refractivity contribution >= 4 is 34.7 Å². The van der Waals surface area contributed by atoms with Crippen LogP contribution in [0.4, 0.5) is 0 Å². The zero-order chi connectivity index (χ0) is 23.9. The number of benzene rings is 3. The molecule has 7 heteroatoms. The Morgan fingerprint density at radius 3 is 2.44 bits per heavy atom. The second-order valence-electron chi connectivity index (χ2n) is 7.82. The van der Waals surface area contributed by atoms with Gasteiger partial charge in [-0.15, -0.1) is 0 Å². The second kappa shape index (κ2) is 11.0. The number of esters is 2. The van der Waals surface area contributed by atoms with Gasteiger partial charge in [-0.2, -0.15) is 0 Å². The minimum Gasteiger partial charge on any atom is -0.453 e. The van der Waals surface area contributed by atoms with Gasteiger partial charge in [-0.05, 0) is 54.3 Å². The van der Waals surface area contributed by atoms with Gasteiger partial charge in [-0.1, -0.05) is 67.2 Å². The van der Waals surface area contributed by atoms with E-state index in [0.717, 1.165) is 28.2 Å². The van der Waals surface area contributed by atoms with Crippen molar-refractivity contribution in [3.8, 4) is 5.75 Å². The number of aromatic nitrogens is 2. The molecule has 4 rings (SSSR count). The van der Waals surface area contributed by atoms with Gasteiger partial charge >= 0.3 is 11.9 Å².